The van der Waals surface area contributed by atoms with Crippen molar-refractivity contribution < 1.29 is 9.59 Å². The van der Waals surface area contributed by atoms with Gasteiger partial charge in [-0.2, -0.15) is 0 Å². The van der Waals surface area contributed by atoms with Crippen LogP contribution in [0.25, 0.3) is 0 Å². The molecule has 1 aliphatic heterocycles. The second-order valence-electron chi connectivity index (χ2n) is 4.95. The predicted octanol–water partition coefficient (Wildman–Crippen LogP) is 2.11. The minimum Gasteiger partial charge on any atom is -0.368 e. The summed E-state index contributed by atoms with van der Waals surface area (Å²) in [6.07, 6.45) is 2.87. The van der Waals surface area contributed by atoms with E-state index in [4.69, 9.17) is 5.73 Å². The monoisotopic (exact) mass is 280 g/mol. The molecule has 19 heavy (non-hydrogen) atoms. The number of nitrogens with two attached hydrogens (primary N) is 1. The molecule has 2 atom stereocenters. The average molecular weight is 280 g/mol. The molecule has 0 bridgehead atoms. The van der Waals surface area contributed by atoms with Gasteiger partial charge in [-0.1, -0.05) is 13.0 Å². The number of amides is 2. The van der Waals surface area contributed by atoms with Gasteiger partial charge >= 0.3 is 0 Å². The van der Waals surface area contributed by atoms with Crippen LogP contribution in [0.1, 0.15) is 43.4 Å². The molecule has 2 N–H and O–H groups in total. The minimum absolute atomic E-state index is 0.0599. The van der Waals surface area contributed by atoms with E-state index in [1.165, 1.54) is 4.88 Å². The van der Waals surface area contributed by atoms with Crippen molar-refractivity contribution in [3.63, 3.8) is 0 Å². The van der Waals surface area contributed by atoms with Gasteiger partial charge in [-0.3, -0.25) is 9.59 Å². The summed E-state index contributed by atoms with van der Waals surface area (Å²) >= 11 is 1.74. The van der Waals surface area contributed by atoms with Gasteiger partial charge in [0.1, 0.15) is 6.04 Å². The summed E-state index contributed by atoms with van der Waals surface area (Å²) in [6.45, 7) is 2.52. The summed E-state index contributed by atoms with van der Waals surface area (Å²) in [5, 5.41) is 2.07. The Morgan fingerprint density at radius 2 is 2.37 bits per heavy atom. The van der Waals surface area contributed by atoms with Gasteiger partial charge in [-0.15, -0.1) is 11.3 Å². The molecular weight excluding hydrogens is 260 g/mol. The Kier molecular flexibility index (Phi) is 4.58. The minimum atomic E-state index is -0.449. The summed E-state index contributed by atoms with van der Waals surface area (Å²) in [6, 6.07) is 3.72. The van der Waals surface area contributed by atoms with Crippen LogP contribution in [0.3, 0.4) is 0 Å². The molecule has 5 heteroatoms. The summed E-state index contributed by atoms with van der Waals surface area (Å²) in [4.78, 5) is 26.6. The van der Waals surface area contributed by atoms with Crippen LogP contribution >= 0.6 is 11.3 Å². The van der Waals surface area contributed by atoms with E-state index in [9.17, 15) is 9.59 Å². The smallest absolute Gasteiger partial charge is 0.240 e. The summed E-state index contributed by atoms with van der Waals surface area (Å²) < 4.78 is 0. The zero-order chi connectivity index (χ0) is 13.8. The van der Waals surface area contributed by atoms with Crippen LogP contribution in [0.5, 0.6) is 0 Å². The molecule has 1 fully saturated rings. The highest BCUT2D eigenvalue weighted by molar-refractivity contribution is 7.10. The predicted molar refractivity (Wildman–Crippen MR) is 75.9 cm³/mol. The standard InChI is InChI=1S/C14H20N2O2S/c1-2-11(14(15)18)16-8-7-10(5-6-13(16)17)12-4-3-9-19-12/h3-4,9-11H,2,5-8H2,1H3,(H2,15,18). The average Bonchev–Trinajstić information content (AvgIpc) is 2.84. The van der Waals surface area contributed by atoms with Gasteiger partial charge in [0.05, 0.1) is 0 Å². The summed E-state index contributed by atoms with van der Waals surface area (Å²) in [7, 11) is 0. The zero-order valence-corrected chi connectivity index (χ0v) is 12.0. The Balaban J connectivity index is 2.09. The Labute approximate surface area is 117 Å². The molecule has 1 aromatic rings. The lowest BCUT2D eigenvalue weighted by atomic mass is 9.99. The highest BCUT2D eigenvalue weighted by Gasteiger charge is 2.30. The van der Waals surface area contributed by atoms with Crippen LogP contribution in [0.2, 0.25) is 0 Å². The Bertz CT molecular complexity index is 444. The molecule has 2 heterocycles. The van der Waals surface area contributed by atoms with Crippen molar-refractivity contribution in [3.05, 3.63) is 22.4 Å². The number of thiophene rings is 1. The summed E-state index contributed by atoms with van der Waals surface area (Å²) in [5.74, 6) is 0.0921. The SMILES string of the molecule is CCC(C(N)=O)N1CCC(c2cccs2)CCC1=O. The number of primary amides is 1. The van der Waals surface area contributed by atoms with Crippen molar-refractivity contribution in [2.75, 3.05) is 6.54 Å². The van der Waals surface area contributed by atoms with Crippen molar-refractivity contribution in [1.82, 2.24) is 4.90 Å². The first-order valence-corrected chi connectivity index (χ1v) is 7.63. The molecule has 0 aromatic carbocycles. The molecule has 2 unspecified atom stereocenters. The van der Waals surface area contributed by atoms with Crippen molar-refractivity contribution in [3.8, 4) is 0 Å². The normalized spacial score (nSPS) is 22.1. The maximum Gasteiger partial charge on any atom is 0.240 e. The van der Waals surface area contributed by atoms with Gasteiger partial charge in [0.2, 0.25) is 11.8 Å². The number of carbonyl (C=O) groups is 2. The number of likely N-dealkylation sites (tertiary alicyclic amines) is 1. The number of rotatable bonds is 4. The molecule has 0 saturated carbocycles. The fourth-order valence-corrected chi connectivity index (χ4v) is 3.62. The second-order valence-corrected chi connectivity index (χ2v) is 5.93. The number of hydrogen-bond acceptors (Lipinski definition) is 3. The van der Waals surface area contributed by atoms with E-state index < -0.39 is 11.9 Å². The van der Waals surface area contributed by atoms with Crippen LogP contribution < -0.4 is 5.73 Å². The van der Waals surface area contributed by atoms with Crippen LogP contribution in [0, 0.1) is 0 Å². The van der Waals surface area contributed by atoms with Gasteiger partial charge in [-0.25, -0.2) is 0 Å². The van der Waals surface area contributed by atoms with E-state index in [-0.39, 0.29) is 5.91 Å². The van der Waals surface area contributed by atoms with Gasteiger partial charge in [0, 0.05) is 17.8 Å². The van der Waals surface area contributed by atoms with Crippen molar-refractivity contribution >= 4 is 23.2 Å². The van der Waals surface area contributed by atoms with Gasteiger partial charge in [0.15, 0.2) is 0 Å². The van der Waals surface area contributed by atoms with Crippen LogP contribution in [0.15, 0.2) is 17.5 Å². The maximum absolute atomic E-state index is 12.2. The molecule has 4 nitrogen and oxygen atoms in total. The second kappa shape index (κ2) is 6.19. The summed E-state index contributed by atoms with van der Waals surface area (Å²) in [5.41, 5.74) is 5.39. The molecular formula is C14H20N2O2S. The van der Waals surface area contributed by atoms with E-state index in [1.807, 2.05) is 13.0 Å². The van der Waals surface area contributed by atoms with E-state index >= 15 is 0 Å². The highest BCUT2D eigenvalue weighted by Crippen LogP contribution is 2.32. The quantitative estimate of drug-likeness (QED) is 0.918. The largest absolute Gasteiger partial charge is 0.368 e. The topological polar surface area (TPSA) is 63.4 Å². The third-order valence-electron chi connectivity index (χ3n) is 3.78. The molecule has 1 saturated heterocycles. The van der Waals surface area contributed by atoms with E-state index in [2.05, 4.69) is 11.4 Å². The van der Waals surface area contributed by atoms with E-state index in [0.29, 0.717) is 25.3 Å². The zero-order valence-electron chi connectivity index (χ0n) is 11.2. The number of carbonyl (C=O) groups excluding carboxylic acids is 2. The first-order chi connectivity index (χ1) is 9.13. The lowest BCUT2D eigenvalue weighted by Gasteiger charge is -2.27. The van der Waals surface area contributed by atoms with Gasteiger partial charge in [-0.05, 0) is 36.6 Å². The highest BCUT2D eigenvalue weighted by atomic mass is 32.1. The van der Waals surface area contributed by atoms with Crippen molar-refractivity contribution in [1.29, 1.82) is 0 Å². The fraction of sp³-hybridized carbons (Fsp3) is 0.571. The van der Waals surface area contributed by atoms with Gasteiger partial charge < -0.3 is 10.6 Å². The Hall–Kier alpha value is -1.36. The molecule has 0 aliphatic carbocycles. The molecule has 0 radical (unpaired) electrons. The third-order valence-corrected chi connectivity index (χ3v) is 4.82. The maximum atomic E-state index is 12.2. The lowest BCUT2D eigenvalue weighted by Crippen LogP contribution is -2.47. The van der Waals surface area contributed by atoms with Crippen molar-refractivity contribution in [2.45, 2.75) is 44.6 Å². The Morgan fingerprint density at radius 1 is 1.58 bits per heavy atom. The third kappa shape index (κ3) is 3.15. The number of hydrogen-bond donors (Lipinski definition) is 1. The molecule has 104 valence electrons. The molecule has 0 spiro atoms. The molecule has 1 aliphatic rings. The van der Waals surface area contributed by atoms with Gasteiger partial charge in [0.25, 0.3) is 0 Å². The fourth-order valence-electron chi connectivity index (χ4n) is 2.72. The number of nitrogens with zero attached hydrogens (tertiary/aromatic N) is 1. The van der Waals surface area contributed by atoms with E-state index in [1.54, 1.807) is 16.2 Å². The molecule has 2 amide bonds. The first-order valence-electron chi connectivity index (χ1n) is 6.75. The molecule has 2 rings (SSSR count). The van der Waals surface area contributed by atoms with Crippen LogP contribution in [-0.4, -0.2) is 29.3 Å². The van der Waals surface area contributed by atoms with Crippen LogP contribution in [0.4, 0.5) is 0 Å². The Morgan fingerprint density at radius 3 is 2.95 bits per heavy atom. The van der Waals surface area contributed by atoms with E-state index in [0.717, 1.165) is 12.8 Å². The molecule has 1 aromatic heterocycles. The first kappa shape index (κ1) is 14.1. The van der Waals surface area contributed by atoms with Crippen LogP contribution in [-0.2, 0) is 9.59 Å². The van der Waals surface area contributed by atoms with Crippen molar-refractivity contribution in [2.24, 2.45) is 5.73 Å². The lowest BCUT2D eigenvalue weighted by molar-refractivity contribution is -0.139.